The highest BCUT2D eigenvalue weighted by Crippen LogP contribution is 2.41. The summed E-state index contributed by atoms with van der Waals surface area (Å²) in [6.07, 6.45) is -9.08. The minimum atomic E-state index is -4.96. The van der Waals surface area contributed by atoms with Gasteiger partial charge in [-0.15, -0.1) is 0 Å². The van der Waals surface area contributed by atoms with Crippen LogP contribution in [0.5, 0.6) is 0 Å². The Morgan fingerprint density at radius 2 is 1.76 bits per heavy atom. The molecule has 2 heterocycles. The molecule has 0 unspecified atom stereocenters. The number of rotatable bonds is 5. The van der Waals surface area contributed by atoms with Crippen molar-refractivity contribution in [1.82, 2.24) is 9.55 Å². The maximum Gasteiger partial charge on any atom is 0.431 e. The fourth-order valence-electron chi connectivity index (χ4n) is 3.30. The van der Waals surface area contributed by atoms with Crippen molar-refractivity contribution < 1.29 is 39.6 Å². The molecule has 0 spiro atoms. The Morgan fingerprint density at radius 1 is 1.18 bits per heavy atom. The van der Waals surface area contributed by atoms with Crippen molar-refractivity contribution in [2.45, 2.75) is 43.1 Å². The molecule has 2 aromatic heterocycles. The van der Waals surface area contributed by atoms with Crippen molar-refractivity contribution in [3.05, 3.63) is 45.6 Å². The minimum Gasteiger partial charge on any atom is -0.397 e. The van der Waals surface area contributed by atoms with E-state index in [1.165, 1.54) is 0 Å². The number of pyridine rings is 2. The fraction of sp³-hybridized carbons (Fsp3) is 0.421. The molecule has 15 heteroatoms. The molecule has 2 aromatic rings. The van der Waals surface area contributed by atoms with Crippen LogP contribution in [0.3, 0.4) is 0 Å². The molecule has 2 N–H and O–H groups in total. The predicted octanol–water partition coefficient (Wildman–Crippen LogP) is 3.27. The molecule has 1 fully saturated rings. The summed E-state index contributed by atoms with van der Waals surface area (Å²) in [6.45, 7) is 1.13. The van der Waals surface area contributed by atoms with Gasteiger partial charge in [-0.2, -0.15) is 26.3 Å². The van der Waals surface area contributed by atoms with E-state index in [1.807, 2.05) is 0 Å². The Hall–Kier alpha value is -3.10. The summed E-state index contributed by atoms with van der Waals surface area (Å²) in [5, 5.41) is 0. The highest BCUT2D eigenvalue weighted by molar-refractivity contribution is 7.91. The Morgan fingerprint density at radius 3 is 2.24 bits per heavy atom. The number of carbonyl (C=O) groups is 1. The third-order valence-corrected chi connectivity index (χ3v) is 6.93. The number of aromatic nitrogens is 2. The SMILES string of the molecule is CCS(=O)(=O)c1cc(C(F)(F)F)cnc1C(=O)N(C)c1c(N)cc(C(F)(F)F)n(C2CC2)c1=O. The molecular weight excluding hydrogens is 494 g/mol. The number of halogens is 6. The van der Waals surface area contributed by atoms with Crippen molar-refractivity contribution in [2.75, 3.05) is 23.4 Å². The molecule has 1 amide bonds. The summed E-state index contributed by atoms with van der Waals surface area (Å²) in [6, 6.07) is -0.0546. The van der Waals surface area contributed by atoms with E-state index in [4.69, 9.17) is 5.73 Å². The van der Waals surface area contributed by atoms with E-state index in [0.29, 0.717) is 15.5 Å². The van der Waals surface area contributed by atoms with Crippen LogP contribution in [0, 0.1) is 0 Å². The van der Waals surface area contributed by atoms with E-state index < -0.39 is 78.7 Å². The van der Waals surface area contributed by atoms with Crippen LogP contribution in [0.1, 0.15) is 47.6 Å². The van der Waals surface area contributed by atoms with E-state index >= 15 is 0 Å². The van der Waals surface area contributed by atoms with Gasteiger partial charge in [0.2, 0.25) is 0 Å². The molecular formula is C19H18F6N4O4S. The average molecular weight is 512 g/mol. The zero-order valence-electron chi connectivity index (χ0n) is 17.7. The first-order valence-electron chi connectivity index (χ1n) is 9.71. The third-order valence-electron chi connectivity index (χ3n) is 5.19. The standard InChI is InChI=1S/C19H18F6N4O4S/c1-3-34(32,33)12-6-9(18(20,21)22)8-27-14(12)16(30)28(2)15-11(26)7-13(19(23,24)25)29(17(15)31)10-4-5-10/h6-8,10H,3-5,26H2,1-2H3. The van der Waals surface area contributed by atoms with E-state index in [0.717, 1.165) is 14.0 Å². The average Bonchev–Trinajstić information content (AvgIpc) is 3.56. The Balaban J connectivity index is 2.19. The zero-order chi connectivity index (χ0) is 25.8. The van der Waals surface area contributed by atoms with Crippen molar-refractivity contribution in [3.63, 3.8) is 0 Å². The number of anilines is 2. The van der Waals surface area contributed by atoms with Crippen molar-refractivity contribution in [2.24, 2.45) is 0 Å². The Bertz CT molecular complexity index is 1310. The molecule has 3 rings (SSSR count). The van der Waals surface area contributed by atoms with Gasteiger partial charge in [-0.05, 0) is 25.0 Å². The number of carbonyl (C=O) groups excluding carboxylic acids is 1. The summed E-state index contributed by atoms with van der Waals surface area (Å²) < 4.78 is 105. The summed E-state index contributed by atoms with van der Waals surface area (Å²) >= 11 is 0. The fourth-order valence-corrected chi connectivity index (χ4v) is 4.35. The Kier molecular flexibility index (Phi) is 6.22. The van der Waals surface area contributed by atoms with Gasteiger partial charge >= 0.3 is 12.4 Å². The predicted molar refractivity (Wildman–Crippen MR) is 108 cm³/mol. The number of nitrogens with zero attached hydrogens (tertiary/aromatic N) is 3. The van der Waals surface area contributed by atoms with Crippen LogP contribution in [-0.2, 0) is 22.2 Å². The molecule has 186 valence electrons. The molecule has 0 saturated heterocycles. The molecule has 34 heavy (non-hydrogen) atoms. The lowest BCUT2D eigenvalue weighted by Crippen LogP contribution is -2.38. The maximum absolute atomic E-state index is 13.4. The van der Waals surface area contributed by atoms with E-state index in [-0.39, 0.29) is 25.1 Å². The molecule has 0 aromatic carbocycles. The van der Waals surface area contributed by atoms with Gasteiger partial charge in [0.1, 0.15) is 17.1 Å². The third kappa shape index (κ3) is 4.60. The molecule has 1 aliphatic rings. The molecule has 0 bridgehead atoms. The second kappa shape index (κ2) is 8.29. The van der Waals surface area contributed by atoms with Crippen molar-refractivity contribution >= 4 is 27.1 Å². The van der Waals surface area contributed by atoms with Gasteiger partial charge in [0, 0.05) is 19.3 Å². The molecule has 0 aliphatic heterocycles. The lowest BCUT2D eigenvalue weighted by atomic mass is 10.2. The van der Waals surface area contributed by atoms with Gasteiger partial charge in [-0.1, -0.05) is 6.92 Å². The number of amides is 1. The molecule has 1 aliphatic carbocycles. The van der Waals surface area contributed by atoms with Crippen LogP contribution >= 0.6 is 0 Å². The Labute approximate surface area is 188 Å². The van der Waals surface area contributed by atoms with Crippen LogP contribution in [0.15, 0.2) is 28.0 Å². The van der Waals surface area contributed by atoms with Gasteiger partial charge in [0.25, 0.3) is 11.5 Å². The quantitative estimate of drug-likeness (QED) is 0.615. The first-order chi connectivity index (χ1) is 15.5. The van der Waals surface area contributed by atoms with Gasteiger partial charge < -0.3 is 10.6 Å². The smallest absolute Gasteiger partial charge is 0.397 e. The molecule has 0 radical (unpaired) electrons. The number of nitrogen functional groups attached to an aromatic ring is 1. The number of alkyl halides is 6. The molecule has 0 atom stereocenters. The van der Waals surface area contributed by atoms with Gasteiger partial charge in [0.05, 0.1) is 21.9 Å². The lowest BCUT2D eigenvalue weighted by molar-refractivity contribution is -0.144. The minimum absolute atomic E-state index is 0.242. The maximum atomic E-state index is 13.4. The van der Waals surface area contributed by atoms with Crippen molar-refractivity contribution in [1.29, 1.82) is 0 Å². The van der Waals surface area contributed by atoms with Crippen molar-refractivity contribution in [3.8, 4) is 0 Å². The number of nitrogens with two attached hydrogens (primary N) is 1. The normalized spacial score (nSPS) is 14.8. The molecule has 1 saturated carbocycles. The monoisotopic (exact) mass is 512 g/mol. The second-order valence-corrected chi connectivity index (χ2v) is 9.82. The zero-order valence-corrected chi connectivity index (χ0v) is 18.5. The summed E-state index contributed by atoms with van der Waals surface area (Å²) in [7, 11) is -3.47. The number of hydrogen-bond donors (Lipinski definition) is 1. The summed E-state index contributed by atoms with van der Waals surface area (Å²) in [5.41, 5.74) is -0.683. The van der Waals surface area contributed by atoms with Crippen LogP contribution in [0.25, 0.3) is 0 Å². The van der Waals surface area contributed by atoms with Crippen LogP contribution in [0.2, 0.25) is 0 Å². The topological polar surface area (TPSA) is 115 Å². The lowest BCUT2D eigenvalue weighted by Gasteiger charge is -2.23. The largest absolute Gasteiger partial charge is 0.431 e. The van der Waals surface area contributed by atoms with Gasteiger partial charge in [0.15, 0.2) is 9.84 Å². The molecule has 8 nitrogen and oxygen atoms in total. The number of sulfone groups is 1. The van der Waals surface area contributed by atoms with E-state index in [2.05, 4.69) is 4.98 Å². The first kappa shape index (κ1) is 25.5. The highest BCUT2D eigenvalue weighted by atomic mass is 32.2. The van der Waals surface area contributed by atoms with Crippen LogP contribution in [0.4, 0.5) is 37.7 Å². The van der Waals surface area contributed by atoms with Gasteiger partial charge in [-0.25, -0.2) is 13.4 Å². The van der Waals surface area contributed by atoms with Gasteiger partial charge in [-0.3, -0.25) is 14.2 Å². The van der Waals surface area contributed by atoms with Crippen LogP contribution in [-0.4, -0.2) is 36.7 Å². The van der Waals surface area contributed by atoms with E-state index in [1.54, 1.807) is 0 Å². The number of hydrogen-bond acceptors (Lipinski definition) is 6. The van der Waals surface area contributed by atoms with Crippen LogP contribution < -0.4 is 16.2 Å². The highest BCUT2D eigenvalue weighted by Gasteiger charge is 2.41. The summed E-state index contributed by atoms with van der Waals surface area (Å²) in [5.74, 6) is -2.01. The first-order valence-corrected chi connectivity index (χ1v) is 11.4. The second-order valence-electron chi connectivity index (χ2n) is 7.57. The summed E-state index contributed by atoms with van der Waals surface area (Å²) in [4.78, 5) is 28.8. The van der Waals surface area contributed by atoms with E-state index in [9.17, 15) is 44.3 Å².